The number of aromatic nitrogens is 1. The molecule has 6 nitrogen and oxygen atoms in total. The zero-order valence-corrected chi connectivity index (χ0v) is 13.7. The van der Waals surface area contributed by atoms with Gasteiger partial charge in [-0.1, -0.05) is 13.0 Å². The summed E-state index contributed by atoms with van der Waals surface area (Å²) in [4.78, 5) is 10.4. The monoisotopic (exact) mass is 329 g/mol. The highest BCUT2D eigenvalue weighted by molar-refractivity contribution is 5.83. The number of fused-ring (bicyclic) bond motifs is 1. The summed E-state index contributed by atoms with van der Waals surface area (Å²) in [5, 5.41) is 0. The summed E-state index contributed by atoms with van der Waals surface area (Å²) in [5.74, 6) is 0.736. The summed E-state index contributed by atoms with van der Waals surface area (Å²) in [6.07, 6.45) is 0.394. The third-order valence-corrected chi connectivity index (χ3v) is 3.92. The van der Waals surface area contributed by atoms with Gasteiger partial charge in [-0.25, -0.2) is 9.37 Å². The summed E-state index contributed by atoms with van der Waals surface area (Å²) >= 11 is 0. The molecule has 2 aromatic rings. The Morgan fingerprint density at radius 1 is 1.29 bits per heavy atom. The number of nitrogens with zero attached hydrogens (tertiary/aromatic N) is 3. The van der Waals surface area contributed by atoms with Gasteiger partial charge in [0.1, 0.15) is 17.7 Å². The molecule has 24 heavy (non-hydrogen) atoms. The van der Waals surface area contributed by atoms with Crippen molar-refractivity contribution in [1.29, 1.82) is 0 Å². The van der Waals surface area contributed by atoms with E-state index in [9.17, 15) is 4.39 Å². The van der Waals surface area contributed by atoms with Gasteiger partial charge in [-0.05, 0) is 30.7 Å². The lowest BCUT2D eigenvalue weighted by molar-refractivity contribution is 0.317. The second kappa shape index (κ2) is 6.45. The van der Waals surface area contributed by atoms with Crippen LogP contribution in [0.3, 0.4) is 0 Å². The van der Waals surface area contributed by atoms with Gasteiger partial charge >= 0.3 is 0 Å². The molecule has 3 rings (SSSR count). The molecule has 0 saturated heterocycles. The van der Waals surface area contributed by atoms with Crippen LogP contribution in [0.1, 0.15) is 25.1 Å². The Morgan fingerprint density at radius 2 is 2.08 bits per heavy atom. The highest BCUT2D eigenvalue weighted by atomic mass is 19.1. The van der Waals surface area contributed by atoms with Crippen LogP contribution in [-0.4, -0.2) is 29.5 Å². The van der Waals surface area contributed by atoms with Crippen LogP contribution < -0.4 is 16.2 Å². The van der Waals surface area contributed by atoms with E-state index >= 15 is 0 Å². The largest absolute Gasteiger partial charge is 0.493 e. The minimum atomic E-state index is -0.435. The zero-order chi connectivity index (χ0) is 17.3. The number of rotatable bonds is 4. The van der Waals surface area contributed by atoms with Gasteiger partial charge in [-0.15, -0.1) is 0 Å². The van der Waals surface area contributed by atoms with E-state index in [1.54, 1.807) is 36.2 Å². The van der Waals surface area contributed by atoms with Crippen LogP contribution in [-0.2, 0) is 0 Å². The molecular weight excluding hydrogens is 309 g/mol. The molecule has 1 aliphatic heterocycles. The van der Waals surface area contributed by atoms with Crippen molar-refractivity contribution in [1.82, 2.24) is 9.88 Å². The van der Waals surface area contributed by atoms with Gasteiger partial charge < -0.3 is 21.1 Å². The fourth-order valence-electron chi connectivity index (χ4n) is 2.54. The number of hydrogen-bond acceptors (Lipinski definition) is 6. The fourth-order valence-corrected chi connectivity index (χ4v) is 2.54. The van der Waals surface area contributed by atoms with Crippen LogP contribution >= 0.6 is 0 Å². The van der Waals surface area contributed by atoms with Gasteiger partial charge in [-0.2, -0.15) is 4.99 Å². The smallest absolute Gasteiger partial charge is 0.199 e. The minimum absolute atomic E-state index is 0.274. The quantitative estimate of drug-likeness (QED) is 0.899. The molecular formula is C17H20FN5O. The van der Waals surface area contributed by atoms with Gasteiger partial charge in [-0.3, -0.25) is 0 Å². The maximum Gasteiger partial charge on any atom is 0.199 e. The molecule has 0 aliphatic carbocycles. The van der Waals surface area contributed by atoms with E-state index in [-0.39, 0.29) is 5.96 Å². The maximum atomic E-state index is 14.4. The number of nitrogens with two attached hydrogens (primary N) is 2. The molecule has 0 fully saturated rings. The molecule has 0 saturated carbocycles. The molecule has 4 N–H and O–H groups in total. The molecule has 1 atom stereocenters. The second-order valence-electron chi connectivity index (χ2n) is 5.60. The lowest BCUT2D eigenvalue weighted by Gasteiger charge is -2.30. The Labute approximate surface area is 140 Å². The molecule has 0 amide bonds. The number of guanidine groups is 1. The summed E-state index contributed by atoms with van der Waals surface area (Å²) in [5.41, 5.74) is 13.5. The van der Waals surface area contributed by atoms with E-state index in [1.807, 2.05) is 6.92 Å². The summed E-state index contributed by atoms with van der Waals surface area (Å²) in [6, 6.07) is 8.24. The first-order chi connectivity index (χ1) is 11.5. The van der Waals surface area contributed by atoms with Crippen LogP contribution in [0.2, 0.25) is 0 Å². The van der Waals surface area contributed by atoms with E-state index in [4.69, 9.17) is 16.2 Å². The van der Waals surface area contributed by atoms with Crippen molar-refractivity contribution >= 4 is 11.8 Å². The van der Waals surface area contributed by atoms with E-state index in [0.29, 0.717) is 29.4 Å². The first kappa shape index (κ1) is 16.2. The molecule has 1 aromatic carbocycles. The van der Waals surface area contributed by atoms with Gasteiger partial charge in [0.25, 0.3) is 0 Å². The number of hydrogen-bond donors (Lipinski definition) is 2. The molecule has 126 valence electrons. The Balaban J connectivity index is 2.09. The van der Waals surface area contributed by atoms with Crippen LogP contribution in [0, 0.1) is 5.82 Å². The molecule has 1 unspecified atom stereocenters. The van der Waals surface area contributed by atoms with Crippen molar-refractivity contribution in [3.8, 4) is 17.0 Å². The average molecular weight is 329 g/mol. The molecule has 0 spiro atoms. The van der Waals surface area contributed by atoms with Crippen molar-refractivity contribution in [3.05, 3.63) is 41.7 Å². The number of ether oxygens (including phenoxy) is 1. The van der Waals surface area contributed by atoms with Gasteiger partial charge in [0.15, 0.2) is 11.8 Å². The van der Waals surface area contributed by atoms with E-state index in [1.165, 1.54) is 6.07 Å². The predicted molar refractivity (Wildman–Crippen MR) is 91.4 cm³/mol. The first-order valence-corrected chi connectivity index (χ1v) is 7.78. The SMILES string of the molecule is CCCOc1cccc(F)c1-c1ccc2c(n1)N=C(N)N(C)C2N. The highest BCUT2D eigenvalue weighted by Gasteiger charge is 2.25. The number of halogens is 1. The topological polar surface area (TPSA) is 89.8 Å². The number of benzene rings is 1. The van der Waals surface area contributed by atoms with Gasteiger partial charge in [0, 0.05) is 12.6 Å². The van der Waals surface area contributed by atoms with Crippen molar-refractivity contribution in [3.63, 3.8) is 0 Å². The average Bonchev–Trinajstić information content (AvgIpc) is 2.57. The van der Waals surface area contributed by atoms with E-state index in [0.717, 1.165) is 12.0 Å². The molecule has 0 bridgehead atoms. The Hall–Kier alpha value is -2.67. The standard InChI is InChI=1S/C17H20FN5O/c1-3-9-24-13-6-4-5-11(18)14(13)12-8-7-10-15(19)23(2)17(20)22-16(10)21-12/h4-8,15H,3,9,19H2,1-2H3,(H2,20,21,22). The van der Waals surface area contributed by atoms with E-state index in [2.05, 4.69) is 9.98 Å². The highest BCUT2D eigenvalue weighted by Crippen LogP contribution is 2.36. The predicted octanol–water partition coefficient (Wildman–Crippen LogP) is 2.53. The summed E-state index contributed by atoms with van der Waals surface area (Å²) < 4.78 is 20.0. The third-order valence-electron chi connectivity index (χ3n) is 3.92. The molecule has 7 heteroatoms. The lowest BCUT2D eigenvalue weighted by Crippen LogP contribution is -2.43. The van der Waals surface area contributed by atoms with Crippen LogP contribution in [0.15, 0.2) is 35.3 Å². The van der Waals surface area contributed by atoms with Crippen molar-refractivity contribution in [2.75, 3.05) is 13.7 Å². The Morgan fingerprint density at radius 3 is 2.83 bits per heavy atom. The minimum Gasteiger partial charge on any atom is -0.493 e. The Bertz CT molecular complexity index is 793. The second-order valence-corrected chi connectivity index (χ2v) is 5.60. The van der Waals surface area contributed by atoms with Crippen LogP contribution in [0.5, 0.6) is 5.75 Å². The molecule has 0 radical (unpaired) electrons. The summed E-state index contributed by atoms with van der Waals surface area (Å²) in [7, 11) is 1.76. The molecule has 2 heterocycles. The fraction of sp³-hybridized carbons (Fsp3) is 0.294. The number of pyridine rings is 1. The zero-order valence-electron chi connectivity index (χ0n) is 13.7. The third kappa shape index (κ3) is 2.78. The van der Waals surface area contributed by atoms with Crippen molar-refractivity contribution < 1.29 is 9.13 Å². The van der Waals surface area contributed by atoms with Gasteiger partial charge in [0.05, 0.1) is 17.9 Å². The lowest BCUT2D eigenvalue weighted by atomic mass is 10.1. The molecule has 1 aromatic heterocycles. The maximum absolute atomic E-state index is 14.4. The normalized spacial score (nSPS) is 16.6. The first-order valence-electron chi connectivity index (χ1n) is 7.78. The number of aliphatic imine (C=N–C) groups is 1. The van der Waals surface area contributed by atoms with Crippen LogP contribution in [0.25, 0.3) is 11.3 Å². The Kier molecular flexibility index (Phi) is 4.35. The van der Waals surface area contributed by atoms with E-state index < -0.39 is 12.0 Å². The van der Waals surface area contributed by atoms with Crippen molar-refractivity contribution in [2.24, 2.45) is 16.5 Å². The van der Waals surface area contributed by atoms with Crippen LogP contribution in [0.4, 0.5) is 10.2 Å². The van der Waals surface area contributed by atoms with Gasteiger partial charge in [0.2, 0.25) is 0 Å². The van der Waals surface area contributed by atoms with Crippen molar-refractivity contribution in [2.45, 2.75) is 19.5 Å². The summed E-state index contributed by atoms with van der Waals surface area (Å²) in [6.45, 7) is 2.49. The molecule has 1 aliphatic rings.